The summed E-state index contributed by atoms with van der Waals surface area (Å²) in [4.78, 5) is 25.3. The van der Waals surface area contributed by atoms with Gasteiger partial charge in [-0.1, -0.05) is 32.9 Å². The van der Waals surface area contributed by atoms with Crippen molar-refractivity contribution < 1.29 is 4.74 Å². The number of imidazole rings is 2. The molecule has 0 spiro atoms. The zero-order chi connectivity index (χ0) is 21.6. The first kappa shape index (κ1) is 19.1. The largest absolute Gasteiger partial charge is 0.426 e. The van der Waals surface area contributed by atoms with Crippen LogP contribution in [-0.4, -0.2) is 24.1 Å². The number of para-hydroxylation sites is 2. The quantitative estimate of drug-likeness (QED) is 0.454. The van der Waals surface area contributed by atoms with Crippen molar-refractivity contribution in [3.8, 4) is 17.4 Å². The van der Waals surface area contributed by atoms with Crippen LogP contribution >= 0.6 is 0 Å². The second-order valence-corrected chi connectivity index (χ2v) is 8.77. The Morgan fingerprint density at radius 2 is 1.77 bits per heavy atom. The van der Waals surface area contributed by atoms with E-state index >= 15 is 0 Å². The predicted molar refractivity (Wildman–Crippen MR) is 121 cm³/mol. The summed E-state index contributed by atoms with van der Waals surface area (Å²) < 4.78 is 9.31. The number of hydrogen-bond donors (Lipinski definition) is 1. The van der Waals surface area contributed by atoms with Crippen molar-refractivity contribution in [1.29, 1.82) is 0 Å². The Hall–Kier alpha value is -3.87. The predicted octanol–water partition coefficient (Wildman–Crippen LogP) is 4.90. The van der Waals surface area contributed by atoms with E-state index < -0.39 is 0 Å². The monoisotopic (exact) mass is 413 g/mol. The van der Waals surface area contributed by atoms with Crippen LogP contribution in [0.15, 0.2) is 71.7 Å². The molecule has 0 aliphatic heterocycles. The van der Waals surface area contributed by atoms with Crippen molar-refractivity contribution in [2.45, 2.75) is 27.3 Å². The Balaban J connectivity index is 1.51. The minimum atomic E-state index is -0.102. The van der Waals surface area contributed by atoms with Crippen LogP contribution < -0.4 is 10.4 Å². The minimum absolute atomic E-state index is 0.0386. The molecule has 7 heteroatoms. The first-order valence-corrected chi connectivity index (χ1v) is 10.2. The van der Waals surface area contributed by atoms with E-state index in [2.05, 4.69) is 35.7 Å². The van der Waals surface area contributed by atoms with Gasteiger partial charge in [-0.25, -0.2) is 14.3 Å². The molecule has 0 unspecified atom stereocenters. The fourth-order valence-electron chi connectivity index (χ4n) is 3.70. The van der Waals surface area contributed by atoms with Gasteiger partial charge < -0.3 is 9.72 Å². The van der Waals surface area contributed by atoms with Gasteiger partial charge >= 0.3 is 5.69 Å². The Morgan fingerprint density at radius 1 is 1.00 bits per heavy atom. The number of rotatable bonds is 4. The summed E-state index contributed by atoms with van der Waals surface area (Å²) in [6, 6.07) is 19.3. The summed E-state index contributed by atoms with van der Waals surface area (Å²) in [6.07, 6.45) is 1.71. The average molecular weight is 413 g/mol. The Morgan fingerprint density at radius 3 is 2.52 bits per heavy atom. The van der Waals surface area contributed by atoms with Crippen molar-refractivity contribution in [2.75, 3.05) is 0 Å². The standard InChI is InChI=1S/C24H23N5O2/c1-24(2,3)15-28-20-9-6-14-25-21(20)29(23(28)30)16-10-12-17(13-11-16)31-22-26-18-7-4-5-8-19(18)27-22/h4-14H,15H2,1-3H3,(H,26,27). The van der Waals surface area contributed by atoms with Gasteiger partial charge in [0.05, 0.1) is 22.2 Å². The summed E-state index contributed by atoms with van der Waals surface area (Å²) in [5, 5.41) is 0. The number of ether oxygens (including phenoxy) is 1. The number of H-pyrrole nitrogens is 1. The van der Waals surface area contributed by atoms with Gasteiger partial charge in [0.1, 0.15) is 5.75 Å². The minimum Gasteiger partial charge on any atom is -0.426 e. The van der Waals surface area contributed by atoms with Crippen LogP contribution in [0.5, 0.6) is 11.8 Å². The van der Waals surface area contributed by atoms with E-state index in [0.717, 1.165) is 22.2 Å². The molecular weight excluding hydrogens is 390 g/mol. The summed E-state index contributed by atoms with van der Waals surface area (Å²) in [7, 11) is 0. The zero-order valence-electron chi connectivity index (χ0n) is 17.7. The van der Waals surface area contributed by atoms with Gasteiger partial charge in [0.2, 0.25) is 0 Å². The molecule has 3 heterocycles. The van der Waals surface area contributed by atoms with E-state index in [1.807, 2.05) is 60.7 Å². The van der Waals surface area contributed by atoms with Crippen molar-refractivity contribution in [3.05, 3.63) is 77.3 Å². The Kier molecular flexibility index (Phi) is 4.39. The molecule has 3 aromatic heterocycles. The lowest BCUT2D eigenvalue weighted by atomic mass is 9.97. The second-order valence-electron chi connectivity index (χ2n) is 8.77. The van der Waals surface area contributed by atoms with Gasteiger partial charge in [0, 0.05) is 12.7 Å². The maximum Gasteiger partial charge on any atom is 0.334 e. The van der Waals surface area contributed by atoms with Crippen LogP contribution in [0.25, 0.3) is 27.9 Å². The van der Waals surface area contributed by atoms with Gasteiger partial charge in [-0.2, -0.15) is 4.98 Å². The summed E-state index contributed by atoms with van der Waals surface area (Å²) in [5.74, 6) is 0.627. The van der Waals surface area contributed by atoms with E-state index in [0.29, 0.717) is 24.0 Å². The molecule has 156 valence electrons. The lowest BCUT2D eigenvalue weighted by Crippen LogP contribution is -2.28. The van der Waals surface area contributed by atoms with Gasteiger partial charge in [0.15, 0.2) is 5.65 Å². The molecule has 5 rings (SSSR count). The molecule has 0 bridgehead atoms. The van der Waals surface area contributed by atoms with Crippen molar-refractivity contribution in [1.82, 2.24) is 24.1 Å². The van der Waals surface area contributed by atoms with Gasteiger partial charge in [0.25, 0.3) is 6.01 Å². The van der Waals surface area contributed by atoms with E-state index in [1.165, 1.54) is 0 Å². The van der Waals surface area contributed by atoms with Crippen molar-refractivity contribution >= 4 is 22.2 Å². The molecule has 0 saturated carbocycles. The summed E-state index contributed by atoms with van der Waals surface area (Å²) >= 11 is 0. The molecule has 0 fully saturated rings. The maximum absolute atomic E-state index is 13.3. The Labute approximate surface area is 179 Å². The molecule has 0 aliphatic rings. The van der Waals surface area contributed by atoms with Crippen LogP contribution in [0, 0.1) is 5.41 Å². The van der Waals surface area contributed by atoms with Crippen molar-refractivity contribution in [3.63, 3.8) is 0 Å². The van der Waals surface area contributed by atoms with Crippen LogP contribution in [0.2, 0.25) is 0 Å². The number of pyridine rings is 1. The fraction of sp³-hybridized carbons (Fsp3) is 0.208. The second kappa shape index (κ2) is 7.12. The molecule has 31 heavy (non-hydrogen) atoms. The third kappa shape index (κ3) is 3.59. The first-order valence-electron chi connectivity index (χ1n) is 10.2. The highest BCUT2D eigenvalue weighted by Gasteiger charge is 2.20. The number of fused-ring (bicyclic) bond motifs is 2. The normalized spacial score (nSPS) is 12.0. The number of aromatic nitrogens is 5. The highest BCUT2D eigenvalue weighted by molar-refractivity contribution is 5.75. The highest BCUT2D eigenvalue weighted by atomic mass is 16.5. The third-order valence-corrected chi connectivity index (χ3v) is 5.00. The number of hydrogen-bond acceptors (Lipinski definition) is 4. The van der Waals surface area contributed by atoms with E-state index in [1.54, 1.807) is 15.3 Å². The lowest BCUT2D eigenvalue weighted by molar-refractivity contribution is 0.343. The number of nitrogens with one attached hydrogen (secondary N) is 1. The summed E-state index contributed by atoms with van der Waals surface area (Å²) in [5.41, 5.74) is 3.82. The molecule has 0 amide bonds. The van der Waals surface area contributed by atoms with Gasteiger partial charge in [-0.3, -0.25) is 4.57 Å². The fourth-order valence-corrected chi connectivity index (χ4v) is 3.70. The van der Waals surface area contributed by atoms with Gasteiger partial charge in [-0.15, -0.1) is 0 Å². The highest BCUT2D eigenvalue weighted by Crippen LogP contribution is 2.25. The maximum atomic E-state index is 13.3. The molecule has 0 aliphatic carbocycles. The zero-order valence-corrected chi connectivity index (χ0v) is 17.7. The molecule has 1 N–H and O–H groups in total. The molecule has 7 nitrogen and oxygen atoms in total. The van der Waals surface area contributed by atoms with Crippen LogP contribution in [0.4, 0.5) is 0 Å². The molecule has 0 saturated heterocycles. The van der Waals surface area contributed by atoms with E-state index in [9.17, 15) is 4.79 Å². The molecule has 0 atom stereocenters. The van der Waals surface area contributed by atoms with E-state index in [4.69, 9.17) is 4.74 Å². The smallest absolute Gasteiger partial charge is 0.334 e. The first-order chi connectivity index (χ1) is 14.9. The summed E-state index contributed by atoms with van der Waals surface area (Å²) in [6.45, 7) is 6.95. The third-order valence-electron chi connectivity index (χ3n) is 5.00. The van der Waals surface area contributed by atoms with Gasteiger partial charge in [-0.05, 0) is 53.9 Å². The SMILES string of the molecule is CC(C)(C)Cn1c(=O)n(-c2ccc(Oc3nc4ccccc4[nH]3)cc2)c2ncccc21. The number of aromatic amines is 1. The van der Waals surface area contributed by atoms with E-state index in [-0.39, 0.29) is 11.1 Å². The lowest BCUT2D eigenvalue weighted by Gasteiger charge is -2.18. The molecule has 2 aromatic carbocycles. The van der Waals surface area contributed by atoms with Crippen LogP contribution in [0.1, 0.15) is 20.8 Å². The molecule has 5 aromatic rings. The Bertz CT molecular complexity index is 1400. The molecular formula is C24H23N5O2. The number of nitrogens with zero attached hydrogens (tertiary/aromatic N) is 4. The average Bonchev–Trinajstić information content (AvgIpc) is 3.26. The topological polar surface area (TPSA) is 77.7 Å². The molecule has 0 radical (unpaired) electrons. The van der Waals surface area contributed by atoms with Crippen molar-refractivity contribution in [2.24, 2.45) is 5.41 Å². The number of benzene rings is 2. The van der Waals surface area contributed by atoms with Crippen LogP contribution in [-0.2, 0) is 6.54 Å². The van der Waals surface area contributed by atoms with Crippen LogP contribution in [0.3, 0.4) is 0 Å².